The summed E-state index contributed by atoms with van der Waals surface area (Å²) in [7, 11) is 0. The lowest BCUT2D eigenvalue weighted by Gasteiger charge is -2.07. The van der Waals surface area contributed by atoms with Gasteiger partial charge in [-0.25, -0.2) is 4.98 Å². The van der Waals surface area contributed by atoms with Crippen LogP contribution in [0.3, 0.4) is 0 Å². The van der Waals surface area contributed by atoms with Crippen LogP contribution < -0.4 is 10.5 Å². The van der Waals surface area contributed by atoms with Gasteiger partial charge in [-0.3, -0.25) is 15.1 Å². The number of nitro benzene ring substituents is 1. The van der Waals surface area contributed by atoms with E-state index in [1.54, 1.807) is 0 Å². The van der Waals surface area contributed by atoms with Crippen molar-refractivity contribution in [1.82, 2.24) is 9.97 Å². The minimum atomic E-state index is -0.560. The Morgan fingerprint density at radius 2 is 2.16 bits per heavy atom. The maximum Gasteiger partial charge on any atom is 0.312 e. The number of hydrogen-bond donors (Lipinski definition) is 1. The molecule has 0 saturated heterocycles. The second-order valence-electron chi connectivity index (χ2n) is 3.57. The summed E-state index contributed by atoms with van der Waals surface area (Å²) in [5, 5.41) is 11.0. The Morgan fingerprint density at radius 1 is 1.37 bits per heavy atom. The lowest BCUT2D eigenvalue weighted by Crippen LogP contribution is -2.03. The van der Waals surface area contributed by atoms with Gasteiger partial charge in [-0.15, -0.1) is 0 Å². The molecule has 98 valence electrons. The van der Waals surface area contributed by atoms with Crippen molar-refractivity contribution in [3.63, 3.8) is 0 Å². The summed E-state index contributed by atoms with van der Waals surface area (Å²) >= 11 is 5.88. The molecule has 0 unspecified atom stereocenters. The zero-order valence-electron chi connectivity index (χ0n) is 9.62. The molecule has 1 aromatic carbocycles. The number of hydrogen-bond acceptors (Lipinski definition) is 6. The van der Waals surface area contributed by atoms with Crippen molar-refractivity contribution in [2.75, 3.05) is 5.73 Å². The molecule has 0 aliphatic heterocycles. The van der Waals surface area contributed by atoms with Crippen LogP contribution in [0.4, 0.5) is 11.5 Å². The molecule has 1 aromatic heterocycles. The van der Waals surface area contributed by atoms with E-state index in [1.807, 2.05) is 0 Å². The molecule has 2 N–H and O–H groups in total. The number of benzene rings is 1. The van der Waals surface area contributed by atoms with Crippen LogP contribution in [-0.2, 0) is 6.61 Å². The first-order valence-corrected chi connectivity index (χ1v) is 5.58. The van der Waals surface area contributed by atoms with Crippen LogP contribution >= 0.6 is 11.6 Å². The van der Waals surface area contributed by atoms with E-state index in [1.165, 1.54) is 30.6 Å². The summed E-state index contributed by atoms with van der Waals surface area (Å²) in [6, 6.07) is 4.31. The second kappa shape index (κ2) is 5.49. The van der Waals surface area contributed by atoms with Crippen LogP contribution in [0.25, 0.3) is 0 Å². The molecule has 0 radical (unpaired) electrons. The number of para-hydroxylation sites is 1. The van der Waals surface area contributed by atoms with E-state index >= 15 is 0 Å². The molecule has 0 saturated carbocycles. The molecule has 0 spiro atoms. The molecule has 7 nitrogen and oxygen atoms in total. The Kier molecular flexibility index (Phi) is 3.76. The zero-order valence-corrected chi connectivity index (χ0v) is 10.4. The average molecular weight is 281 g/mol. The SMILES string of the molecule is Nc1cnc(COc2c(Cl)cccc2[N+](=O)[O-])cn1. The van der Waals surface area contributed by atoms with Gasteiger partial charge in [0.05, 0.1) is 28.0 Å². The van der Waals surface area contributed by atoms with Gasteiger partial charge >= 0.3 is 5.69 Å². The predicted octanol–water partition coefficient (Wildman–Crippen LogP) is 2.20. The van der Waals surface area contributed by atoms with Gasteiger partial charge in [-0.05, 0) is 6.07 Å². The second-order valence-corrected chi connectivity index (χ2v) is 3.97. The van der Waals surface area contributed by atoms with E-state index in [2.05, 4.69) is 9.97 Å². The van der Waals surface area contributed by atoms with Crippen LogP contribution in [0.15, 0.2) is 30.6 Å². The molecule has 0 aliphatic rings. The zero-order chi connectivity index (χ0) is 13.8. The third-order valence-corrected chi connectivity index (χ3v) is 2.53. The van der Waals surface area contributed by atoms with E-state index in [4.69, 9.17) is 22.1 Å². The van der Waals surface area contributed by atoms with E-state index in [9.17, 15) is 10.1 Å². The summed E-state index contributed by atoms with van der Waals surface area (Å²) < 4.78 is 5.34. The summed E-state index contributed by atoms with van der Waals surface area (Å²) in [5.74, 6) is 0.292. The number of anilines is 1. The molecule has 1 heterocycles. The van der Waals surface area contributed by atoms with Crippen LogP contribution in [0.1, 0.15) is 5.69 Å². The molecule has 0 bridgehead atoms. The molecular weight excluding hydrogens is 272 g/mol. The molecule has 2 rings (SSSR count). The van der Waals surface area contributed by atoms with Crippen molar-refractivity contribution < 1.29 is 9.66 Å². The van der Waals surface area contributed by atoms with Crippen LogP contribution in [0, 0.1) is 10.1 Å². The van der Waals surface area contributed by atoms with E-state index in [0.717, 1.165) is 0 Å². The van der Waals surface area contributed by atoms with Gasteiger partial charge in [0.2, 0.25) is 5.75 Å². The third kappa shape index (κ3) is 3.08. The van der Waals surface area contributed by atoms with Crippen molar-refractivity contribution in [2.45, 2.75) is 6.61 Å². The van der Waals surface area contributed by atoms with Crippen LogP contribution in [0.5, 0.6) is 5.75 Å². The van der Waals surface area contributed by atoms with Crippen molar-refractivity contribution in [3.8, 4) is 5.75 Å². The molecule has 8 heteroatoms. The van der Waals surface area contributed by atoms with Gasteiger partial charge in [0.25, 0.3) is 0 Å². The van der Waals surface area contributed by atoms with Crippen molar-refractivity contribution >= 4 is 23.1 Å². The number of halogens is 1. The fourth-order valence-corrected chi connectivity index (χ4v) is 1.59. The lowest BCUT2D eigenvalue weighted by atomic mass is 10.3. The fourth-order valence-electron chi connectivity index (χ4n) is 1.37. The topological polar surface area (TPSA) is 104 Å². The Morgan fingerprint density at radius 3 is 2.79 bits per heavy atom. The largest absolute Gasteiger partial charge is 0.479 e. The monoisotopic (exact) mass is 280 g/mol. The van der Waals surface area contributed by atoms with Crippen molar-refractivity contribution in [1.29, 1.82) is 0 Å². The molecule has 0 fully saturated rings. The molecule has 2 aromatic rings. The van der Waals surface area contributed by atoms with E-state index < -0.39 is 4.92 Å². The summed E-state index contributed by atoms with van der Waals surface area (Å²) in [4.78, 5) is 18.1. The summed E-state index contributed by atoms with van der Waals surface area (Å²) in [6.07, 6.45) is 2.80. The van der Waals surface area contributed by atoms with Crippen LogP contribution in [0.2, 0.25) is 5.02 Å². The van der Waals surface area contributed by atoms with Gasteiger partial charge in [-0.1, -0.05) is 17.7 Å². The standard InChI is InChI=1S/C11H9ClN4O3/c12-8-2-1-3-9(16(17)18)11(8)19-6-7-4-15-10(13)5-14-7/h1-5H,6H2,(H2,13,15). The molecule has 0 aliphatic carbocycles. The highest BCUT2D eigenvalue weighted by molar-refractivity contribution is 6.32. The number of ether oxygens (including phenoxy) is 1. The maximum absolute atomic E-state index is 10.9. The summed E-state index contributed by atoms with van der Waals surface area (Å²) in [6.45, 7) is 0.0118. The van der Waals surface area contributed by atoms with Gasteiger partial charge in [0.15, 0.2) is 0 Å². The number of rotatable bonds is 4. The minimum absolute atomic E-state index is 0.00721. The van der Waals surface area contributed by atoms with E-state index in [-0.39, 0.29) is 28.9 Å². The highest BCUT2D eigenvalue weighted by Crippen LogP contribution is 2.34. The van der Waals surface area contributed by atoms with E-state index in [0.29, 0.717) is 5.69 Å². The highest BCUT2D eigenvalue weighted by atomic mass is 35.5. The van der Waals surface area contributed by atoms with Crippen molar-refractivity contribution in [2.24, 2.45) is 0 Å². The maximum atomic E-state index is 10.9. The molecule has 0 amide bonds. The van der Waals surface area contributed by atoms with Gasteiger partial charge in [0, 0.05) is 6.07 Å². The lowest BCUT2D eigenvalue weighted by molar-refractivity contribution is -0.385. The van der Waals surface area contributed by atoms with Crippen LogP contribution in [-0.4, -0.2) is 14.9 Å². The number of nitro groups is 1. The Balaban J connectivity index is 2.19. The smallest absolute Gasteiger partial charge is 0.312 e. The highest BCUT2D eigenvalue weighted by Gasteiger charge is 2.18. The van der Waals surface area contributed by atoms with Gasteiger partial charge in [0.1, 0.15) is 12.4 Å². The Hall–Kier alpha value is -2.41. The first-order valence-electron chi connectivity index (χ1n) is 5.20. The normalized spacial score (nSPS) is 10.2. The fraction of sp³-hybridized carbons (Fsp3) is 0.0909. The first kappa shape index (κ1) is 13.0. The average Bonchev–Trinajstić information content (AvgIpc) is 2.39. The summed E-state index contributed by atoms with van der Waals surface area (Å²) in [5.41, 5.74) is 5.69. The molecule has 0 atom stereocenters. The van der Waals surface area contributed by atoms with Gasteiger partial charge in [-0.2, -0.15) is 0 Å². The third-order valence-electron chi connectivity index (χ3n) is 2.23. The quantitative estimate of drug-likeness (QED) is 0.680. The minimum Gasteiger partial charge on any atom is -0.479 e. The van der Waals surface area contributed by atoms with Gasteiger partial charge < -0.3 is 10.5 Å². The first-order chi connectivity index (χ1) is 9.08. The predicted molar refractivity (Wildman–Crippen MR) is 68.9 cm³/mol. The molecular formula is C11H9ClN4O3. The number of nitrogens with two attached hydrogens (primary N) is 1. The number of nitrogens with zero attached hydrogens (tertiary/aromatic N) is 3. The number of nitrogen functional groups attached to an aromatic ring is 1. The molecule has 19 heavy (non-hydrogen) atoms. The van der Waals surface area contributed by atoms with Crippen molar-refractivity contribution in [3.05, 3.63) is 51.4 Å². The Bertz CT molecular complexity index is 603. The number of aromatic nitrogens is 2. The Labute approximate surface area is 113 Å².